The van der Waals surface area contributed by atoms with Crippen LogP contribution < -0.4 is 10.9 Å². The van der Waals surface area contributed by atoms with E-state index in [1.807, 2.05) is 30.3 Å². The SMILES string of the molecule is O=C(NC(CO)c1ccco1)c1ccc(=O)n(Cc2ccccc2)n1. The van der Waals surface area contributed by atoms with Crippen LogP contribution in [0.15, 0.2) is 70.1 Å². The molecule has 0 aliphatic carbocycles. The lowest BCUT2D eigenvalue weighted by Gasteiger charge is -2.14. The van der Waals surface area contributed by atoms with Gasteiger partial charge in [0.2, 0.25) is 0 Å². The maximum absolute atomic E-state index is 12.4. The van der Waals surface area contributed by atoms with Crippen molar-refractivity contribution in [2.24, 2.45) is 0 Å². The maximum atomic E-state index is 12.4. The van der Waals surface area contributed by atoms with Gasteiger partial charge < -0.3 is 14.8 Å². The number of aliphatic hydroxyl groups is 1. The van der Waals surface area contributed by atoms with Gasteiger partial charge in [0.15, 0.2) is 0 Å². The molecule has 3 rings (SSSR count). The fourth-order valence-corrected chi connectivity index (χ4v) is 2.37. The summed E-state index contributed by atoms with van der Waals surface area (Å²) in [5, 5.41) is 16.2. The molecule has 128 valence electrons. The molecular weight excluding hydrogens is 322 g/mol. The largest absolute Gasteiger partial charge is 0.467 e. The minimum absolute atomic E-state index is 0.0838. The molecule has 1 unspecified atom stereocenters. The fraction of sp³-hybridized carbons (Fsp3) is 0.167. The van der Waals surface area contributed by atoms with Crippen LogP contribution in [-0.4, -0.2) is 27.4 Å². The number of nitrogens with one attached hydrogen (secondary N) is 1. The van der Waals surface area contributed by atoms with Crippen molar-refractivity contribution in [1.29, 1.82) is 0 Å². The van der Waals surface area contributed by atoms with Crippen LogP contribution in [0, 0.1) is 0 Å². The van der Waals surface area contributed by atoms with Crippen LogP contribution in [-0.2, 0) is 6.54 Å². The third-order valence-corrected chi connectivity index (χ3v) is 3.65. The first-order chi connectivity index (χ1) is 12.2. The third kappa shape index (κ3) is 4.02. The number of nitrogens with zero attached hydrogens (tertiary/aromatic N) is 2. The highest BCUT2D eigenvalue weighted by molar-refractivity contribution is 5.92. The van der Waals surface area contributed by atoms with Crippen molar-refractivity contribution >= 4 is 5.91 Å². The highest BCUT2D eigenvalue weighted by atomic mass is 16.3. The van der Waals surface area contributed by atoms with Gasteiger partial charge in [0.1, 0.15) is 17.5 Å². The van der Waals surface area contributed by atoms with Gasteiger partial charge in [-0.15, -0.1) is 0 Å². The number of aromatic nitrogens is 2. The number of benzene rings is 1. The second-order valence-electron chi connectivity index (χ2n) is 5.42. The number of amides is 1. The molecule has 0 saturated carbocycles. The normalized spacial score (nSPS) is 11.9. The van der Waals surface area contributed by atoms with Crippen LogP contribution in [0.5, 0.6) is 0 Å². The Kier molecular flexibility index (Phi) is 5.06. The molecule has 2 N–H and O–H groups in total. The summed E-state index contributed by atoms with van der Waals surface area (Å²) in [6.07, 6.45) is 1.46. The Morgan fingerprint density at radius 2 is 1.96 bits per heavy atom. The molecular formula is C18H17N3O4. The van der Waals surface area contributed by atoms with E-state index in [0.29, 0.717) is 5.76 Å². The standard InChI is InChI=1S/C18H17N3O4/c22-12-15(16-7-4-10-25-16)19-18(24)14-8-9-17(23)21(20-14)11-13-5-2-1-3-6-13/h1-10,15,22H,11-12H2,(H,19,24). The molecule has 1 amide bonds. The summed E-state index contributed by atoms with van der Waals surface area (Å²) < 4.78 is 6.42. The van der Waals surface area contributed by atoms with Gasteiger partial charge in [0.05, 0.1) is 19.4 Å². The van der Waals surface area contributed by atoms with Gasteiger partial charge in [-0.25, -0.2) is 4.68 Å². The summed E-state index contributed by atoms with van der Waals surface area (Å²) in [7, 11) is 0. The summed E-state index contributed by atoms with van der Waals surface area (Å²) in [5.74, 6) is -0.0641. The van der Waals surface area contributed by atoms with Crippen LogP contribution >= 0.6 is 0 Å². The van der Waals surface area contributed by atoms with Gasteiger partial charge in [-0.3, -0.25) is 9.59 Å². The number of hydrogen-bond acceptors (Lipinski definition) is 5. The zero-order valence-electron chi connectivity index (χ0n) is 13.3. The molecule has 0 aliphatic rings. The van der Waals surface area contributed by atoms with E-state index in [0.717, 1.165) is 5.56 Å². The van der Waals surface area contributed by atoms with Gasteiger partial charge in [0.25, 0.3) is 11.5 Å². The van der Waals surface area contributed by atoms with Gasteiger partial charge >= 0.3 is 0 Å². The fourth-order valence-electron chi connectivity index (χ4n) is 2.37. The molecule has 0 spiro atoms. The topological polar surface area (TPSA) is 97.4 Å². The van der Waals surface area contributed by atoms with Gasteiger partial charge in [-0.1, -0.05) is 30.3 Å². The Hall–Kier alpha value is -3.19. The van der Waals surface area contributed by atoms with E-state index < -0.39 is 11.9 Å². The van der Waals surface area contributed by atoms with Crippen molar-refractivity contribution < 1.29 is 14.3 Å². The average Bonchev–Trinajstić information content (AvgIpc) is 3.16. The van der Waals surface area contributed by atoms with Crippen molar-refractivity contribution in [1.82, 2.24) is 15.1 Å². The number of carbonyl (C=O) groups is 1. The molecule has 7 nitrogen and oxygen atoms in total. The predicted molar refractivity (Wildman–Crippen MR) is 90.0 cm³/mol. The summed E-state index contributed by atoms with van der Waals surface area (Å²) in [4.78, 5) is 24.4. The van der Waals surface area contributed by atoms with E-state index in [4.69, 9.17) is 4.42 Å². The van der Waals surface area contributed by atoms with Crippen molar-refractivity contribution in [3.8, 4) is 0 Å². The Morgan fingerprint density at radius 1 is 1.16 bits per heavy atom. The second-order valence-corrected chi connectivity index (χ2v) is 5.42. The lowest BCUT2D eigenvalue weighted by atomic mass is 10.2. The van der Waals surface area contributed by atoms with E-state index in [1.165, 1.54) is 23.1 Å². The molecule has 2 heterocycles. The molecule has 2 aromatic heterocycles. The predicted octanol–water partition coefficient (Wildman–Crippen LogP) is 1.35. The van der Waals surface area contributed by atoms with Crippen molar-refractivity contribution in [3.05, 3.63) is 88.2 Å². The molecule has 0 radical (unpaired) electrons. The number of furan rings is 1. The number of carbonyl (C=O) groups excluding carboxylic acids is 1. The molecule has 25 heavy (non-hydrogen) atoms. The number of aliphatic hydroxyl groups excluding tert-OH is 1. The minimum atomic E-state index is -0.682. The molecule has 0 aliphatic heterocycles. The summed E-state index contributed by atoms with van der Waals surface area (Å²) in [6, 6.07) is 14.7. The minimum Gasteiger partial charge on any atom is -0.467 e. The monoisotopic (exact) mass is 339 g/mol. The highest BCUT2D eigenvalue weighted by Crippen LogP contribution is 2.13. The first-order valence-electron chi connectivity index (χ1n) is 7.74. The Balaban J connectivity index is 1.79. The van der Waals surface area contributed by atoms with Crippen molar-refractivity contribution in [2.45, 2.75) is 12.6 Å². The van der Waals surface area contributed by atoms with E-state index in [1.54, 1.807) is 12.1 Å². The van der Waals surface area contributed by atoms with Crippen LogP contribution in [0.4, 0.5) is 0 Å². The number of rotatable bonds is 6. The number of hydrogen-bond donors (Lipinski definition) is 2. The summed E-state index contributed by atoms with van der Waals surface area (Å²) in [6.45, 7) is -0.0503. The maximum Gasteiger partial charge on any atom is 0.272 e. The molecule has 7 heteroatoms. The quantitative estimate of drug-likeness (QED) is 0.706. The molecule has 1 aromatic carbocycles. The Morgan fingerprint density at radius 3 is 2.64 bits per heavy atom. The first-order valence-corrected chi connectivity index (χ1v) is 7.74. The zero-order chi connectivity index (χ0) is 17.6. The third-order valence-electron chi connectivity index (χ3n) is 3.65. The van der Waals surface area contributed by atoms with E-state index >= 15 is 0 Å². The van der Waals surface area contributed by atoms with Gasteiger partial charge in [-0.05, 0) is 23.8 Å². The lowest BCUT2D eigenvalue weighted by Crippen LogP contribution is -2.33. The van der Waals surface area contributed by atoms with Crippen LogP contribution in [0.2, 0.25) is 0 Å². The summed E-state index contributed by atoms with van der Waals surface area (Å²) >= 11 is 0. The van der Waals surface area contributed by atoms with Crippen LogP contribution in [0.3, 0.4) is 0 Å². The zero-order valence-corrected chi connectivity index (χ0v) is 13.3. The van der Waals surface area contributed by atoms with Gasteiger partial charge in [-0.2, -0.15) is 5.10 Å². The highest BCUT2D eigenvalue weighted by Gasteiger charge is 2.18. The van der Waals surface area contributed by atoms with Crippen molar-refractivity contribution in [2.75, 3.05) is 6.61 Å². The Bertz CT molecular complexity index is 888. The first kappa shape index (κ1) is 16.7. The molecule has 0 saturated heterocycles. The van der Waals surface area contributed by atoms with E-state index in [-0.39, 0.29) is 24.4 Å². The van der Waals surface area contributed by atoms with Gasteiger partial charge in [0, 0.05) is 6.07 Å². The van der Waals surface area contributed by atoms with E-state index in [2.05, 4.69) is 10.4 Å². The van der Waals surface area contributed by atoms with Crippen LogP contribution in [0.1, 0.15) is 27.9 Å². The molecule has 3 aromatic rings. The smallest absolute Gasteiger partial charge is 0.272 e. The summed E-state index contributed by atoms with van der Waals surface area (Å²) in [5.41, 5.74) is 0.684. The van der Waals surface area contributed by atoms with Crippen LogP contribution in [0.25, 0.3) is 0 Å². The molecule has 1 atom stereocenters. The second kappa shape index (κ2) is 7.59. The molecule has 0 fully saturated rings. The Labute approximate surface area is 143 Å². The average molecular weight is 339 g/mol. The van der Waals surface area contributed by atoms with Crippen molar-refractivity contribution in [3.63, 3.8) is 0 Å². The lowest BCUT2D eigenvalue weighted by molar-refractivity contribution is 0.0899. The molecule has 0 bridgehead atoms. The van der Waals surface area contributed by atoms with E-state index in [9.17, 15) is 14.7 Å².